The first-order chi connectivity index (χ1) is 8.04. The molecule has 3 nitrogen and oxygen atoms in total. The van der Waals surface area contributed by atoms with Gasteiger partial charge in [0.25, 0.3) is 0 Å². The van der Waals surface area contributed by atoms with Crippen LogP contribution in [0.15, 0.2) is 10.7 Å². The third kappa shape index (κ3) is 2.36. The standard InChI is InChI=1S/C12H15BrN2OS/c1-7-8(2)12(14-4-10(7)13)15-5-9(6-17)3-11(15)16/h4,9,17H,3,5-6H2,1-2H3. The number of hydrogen-bond acceptors (Lipinski definition) is 3. The van der Waals surface area contributed by atoms with Gasteiger partial charge in [0.15, 0.2) is 0 Å². The zero-order chi connectivity index (χ0) is 12.6. The molecule has 1 fully saturated rings. The fourth-order valence-electron chi connectivity index (χ4n) is 2.04. The first kappa shape index (κ1) is 12.9. The first-order valence-electron chi connectivity index (χ1n) is 5.57. The molecule has 5 heteroatoms. The number of nitrogens with zero attached hydrogens (tertiary/aromatic N) is 2. The zero-order valence-corrected chi connectivity index (χ0v) is 12.4. The average molecular weight is 315 g/mol. The summed E-state index contributed by atoms with van der Waals surface area (Å²) in [5, 5.41) is 0. The molecule has 0 spiro atoms. The third-order valence-corrected chi connectivity index (χ3v) is 4.59. The molecule has 1 saturated heterocycles. The molecular formula is C12H15BrN2OS. The third-order valence-electron chi connectivity index (χ3n) is 3.28. The highest BCUT2D eigenvalue weighted by molar-refractivity contribution is 9.10. The van der Waals surface area contributed by atoms with Crippen LogP contribution in [0.4, 0.5) is 5.82 Å². The second kappa shape index (κ2) is 4.98. The van der Waals surface area contributed by atoms with E-state index in [1.807, 2.05) is 13.8 Å². The summed E-state index contributed by atoms with van der Waals surface area (Å²) in [6.45, 7) is 4.77. The molecule has 0 N–H and O–H groups in total. The van der Waals surface area contributed by atoms with E-state index in [1.165, 1.54) is 0 Å². The van der Waals surface area contributed by atoms with Crippen molar-refractivity contribution < 1.29 is 4.79 Å². The van der Waals surface area contributed by atoms with Crippen LogP contribution in [0.5, 0.6) is 0 Å². The average Bonchev–Trinajstić information content (AvgIpc) is 2.68. The van der Waals surface area contributed by atoms with E-state index < -0.39 is 0 Å². The number of carbonyl (C=O) groups is 1. The maximum absolute atomic E-state index is 11.9. The Morgan fingerprint density at radius 1 is 1.53 bits per heavy atom. The van der Waals surface area contributed by atoms with E-state index in [2.05, 4.69) is 33.5 Å². The summed E-state index contributed by atoms with van der Waals surface area (Å²) in [5.74, 6) is 2.04. The minimum Gasteiger partial charge on any atom is -0.296 e. The SMILES string of the molecule is Cc1c(Br)cnc(N2CC(CS)CC2=O)c1C. The number of halogens is 1. The summed E-state index contributed by atoms with van der Waals surface area (Å²) >= 11 is 7.72. The highest BCUT2D eigenvalue weighted by atomic mass is 79.9. The van der Waals surface area contributed by atoms with Crippen LogP contribution in [0.1, 0.15) is 17.5 Å². The number of amides is 1. The highest BCUT2D eigenvalue weighted by Gasteiger charge is 2.31. The molecule has 1 atom stereocenters. The lowest BCUT2D eigenvalue weighted by Crippen LogP contribution is -2.26. The lowest BCUT2D eigenvalue weighted by atomic mass is 10.1. The van der Waals surface area contributed by atoms with Crippen molar-refractivity contribution in [2.75, 3.05) is 17.2 Å². The Balaban J connectivity index is 2.35. The van der Waals surface area contributed by atoms with Crippen LogP contribution in [-0.2, 0) is 4.79 Å². The Labute approximate surface area is 115 Å². The number of carbonyl (C=O) groups excluding carboxylic acids is 1. The topological polar surface area (TPSA) is 33.2 Å². The predicted molar refractivity (Wildman–Crippen MR) is 75.7 cm³/mol. The van der Waals surface area contributed by atoms with Gasteiger partial charge in [-0.1, -0.05) is 0 Å². The van der Waals surface area contributed by atoms with Gasteiger partial charge in [-0.15, -0.1) is 0 Å². The van der Waals surface area contributed by atoms with Gasteiger partial charge in [-0.3, -0.25) is 9.69 Å². The number of anilines is 1. The second-order valence-corrected chi connectivity index (χ2v) is 5.66. The van der Waals surface area contributed by atoms with Gasteiger partial charge < -0.3 is 0 Å². The Hall–Kier alpha value is -0.550. The van der Waals surface area contributed by atoms with Gasteiger partial charge >= 0.3 is 0 Å². The van der Waals surface area contributed by atoms with Crippen molar-refractivity contribution in [2.24, 2.45) is 5.92 Å². The number of aromatic nitrogens is 1. The minimum atomic E-state index is 0.154. The largest absolute Gasteiger partial charge is 0.296 e. The van der Waals surface area contributed by atoms with Crippen LogP contribution in [0.3, 0.4) is 0 Å². The van der Waals surface area contributed by atoms with Gasteiger partial charge in [-0.05, 0) is 52.6 Å². The van der Waals surface area contributed by atoms with E-state index >= 15 is 0 Å². The fourth-order valence-corrected chi connectivity index (χ4v) is 2.68. The lowest BCUT2D eigenvalue weighted by molar-refractivity contribution is -0.117. The van der Waals surface area contributed by atoms with Crippen LogP contribution in [0.25, 0.3) is 0 Å². The van der Waals surface area contributed by atoms with E-state index in [9.17, 15) is 4.79 Å². The lowest BCUT2D eigenvalue weighted by Gasteiger charge is -2.19. The summed E-state index contributed by atoms with van der Waals surface area (Å²) in [4.78, 5) is 18.1. The van der Waals surface area contributed by atoms with Crippen LogP contribution in [0, 0.1) is 19.8 Å². The number of hydrogen-bond donors (Lipinski definition) is 1. The fraction of sp³-hybridized carbons (Fsp3) is 0.500. The van der Waals surface area contributed by atoms with Gasteiger partial charge in [0.05, 0.1) is 0 Å². The quantitative estimate of drug-likeness (QED) is 0.851. The molecule has 2 heterocycles. The molecule has 1 unspecified atom stereocenters. The molecule has 0 bridgehead atoms. The van der Waals surface area contributed by atoms with E-state index in [0.29, 0.717) is 12.3 Å². The summed E-state index contributed by atoms with van der Waals surface area (Å²) in [6.07, 6.45) is 2.35. The molecule has 0 radical (unpaired) electrons. The maximum atomic E-state index is 11.9. The van der Waals surface area contributed by atoms with Crippen LogP contribution >= 0.6 is 28.6 Å². The van der Waals surface area contributed by atoms with Gasteiger partial charge in [0.1, 0.15) is 5.82 Å². The molecule has 2 rings (SSSR count). The Bertz CT molecular complexity index is 464. The van der Waals surface area contributed by atoms with Crippen molar-refractivity contribution in [2.45, 2.75) is 20.3 Å². The van der Waals surface area contributed by atoms with Crippen molar-refractivity contribution in [3.63, 3.8) is 0 Å². The van der Waals surface area contributed by atoms with E-state index in [1.54, 1.807) is 11.1 Å². The molecule has 1 aromatic rings. The van der Waals surface area contributed by atoms with Crippen LogP contribution in [0.2, 0.25) is 0 Å². The molecule has 0 aromatic carbocycles. The van der Waals surface area contributed by atoms with E-state index in [4.69, 9.17) is 0 Å². The molecule has 1 amide bonds. The normalized spacial score (nSPS) is 20.1. The highest BCUT2D eigenvalue weighted by Crippen LogP contribution is 2.30. The zero-order valence-electron chi connectivity index (χ0n) is 9.90. The Morgan fingerprint density at radius 2 is 2.24 bits per heavy atom. The maximum Gasteiger partial charge on any atom is 0.228 e. The monoisotopic (exact) mass is 314 g/mol. The van der Waals surface area contributed by atoms with E-state index in [0.717, 1.165) is 33.7 Å². The summed E-state index contributed by atoms with van der Waals surface area (Å²) < 4.78 is 0.983. The Morgan fingerprint density at radius 3 is 2.82 bits per heavy atom. The van der Waals surface area contributed by atoms with Crippen molar-refractivity contribution in [3.8, 4) is 0 Å². The van der Waals surface area contributed by atoms with E-state index in [-0.39, 0.29) is 5.91 Å². The summed E-state index contributed by atoms with van der Waals surface area (Å²) in [5.41, 5.74) is 2.20. The number of thiol groups is 1. The minimum absolute atomic E-state index is 0.154. The number of rotatable bonds is 2. The van der Waals surface area contributed by atoms with Crippen molar-refractivity contribution >= 4 is 40.3 Å². The molecule has 1 aliphatic heterocycles. The second-order valence-electron chi connectivity index (χ2n) is 4.44. The smallest absolute Gasteiger partial charge is 0.228 e. The van der Waals surface area contributed by atoms with Gasteiger partial charge in [-0.25, -0.2) is 4.98 Å². The Kier molecular flexibility index (Phi) is 3.78. The molecule has 92 valence electrons. The first-order valence-corrected chi connectivity index (χ1v) is 7.00. The van der Waals surface area contributed by atoms with Gasteiger partial charge in [-0.2, -0.15) is 12.6 Å². The van der Waals surface area contributed by atoms with Crippen molar-refractivity contribution in [3.05, 3.63) is 21.8 Å². The van der Waals surface area contributed by atoms with Crippen molar-refractivity contribution in [1.82, 2.24) is 4.98 Å². The molecule has 1 aliphatic rings. The van der Waals surface area contributed by atoms with Crippen LogP contribution in [-0.4, -0.2) is 23.2 Å². The molecule has 17 heavy (non-hydrogen) atoms. The molecular weight excluding hydrogens is 300 g/mol. The predicted octanol–water partition coefficient (Wildman–Crippen LogP) is 2.74. The molecule has 1 aromatic heterocycles. The molecule has 0 aliphatic carbocycles. The molecule has 0 saturated carbocycles. The summed E-state index contributed by atoms with van der Waals surface area (Å²) in [6, 6.07) is 0. The van der Waals surface area contributed by atoms with Crippen molar-refractivity contribution in [1.29, 1.82) is 0 Å². The van der Waals surface area contributed by atoms with Gasteiger partial charge in [0, 0.05) is 23.6 Å². The van der Waals surface area contributed by atoms with Gasteiger partial charge in [0.2, 0.25) is 5.91 Å². The van der Waals surface area contributed by atoms with Crippen LogP contribution < -0.4 is 4.90 Å². The number of pyridine rings is 1. The summed E-state index contributed by atoms with van der Waals surface area (Å²) in [7, 11) is 0.